The zero-order valence-corrected chi connectivity index (χ0v) is 11.8. The largest absolute Gasteiger partial charge is 0.330 e. The van der Waals surface area contributed by atoms with Crippen LogP contribution in [0, 0.1) is 0 Å². The van der Waals surface area contributed by atoms with Gasteiger partial charge in [-0.25, -0.2) is 5.01 Å². The Labute approximate surface area is 126 Å². The van der Waals surface area contributed by atoms with E-state index in [9.17, 15) is 14.4 Å². The van der Waals surface area contributed by atoms with Gasteiger partial charge in [-0.3, -0.25) is 24.7 Å². The van der Waals surface area contributed by atoms with Crippen molar-refractivity contribution in [1.29, 1.82) is 0 Å². The van der Waals surface area contributed by atoms with Gasteiger partial charge in [0.25, 0.3) is 5.91 Å². The number of benzene rings is 2. The predicted molar refractivity (Wildman–Crippen MR) is 80.3 cm³/mol. The zero-order valence-electron chi connectivity index (χ0n) is 11.8. The number of likely N-dealkylation sites (N-methyl/N-ethyl adjacent to an activating group) is 1. The molecule has 0 bridgehead atoms. The lowest BCUT2D eigenvalue weighted by molar-refractivity contribution is -0.144. The van der Waals surface area contributed by atoms with Gasteiger partial charge >= 0.3 is 11.8 Å². The maximum atomic E-state index is 12.6. The molecule has 22 heavy (non-hydrogen) atoms. The highest BCUT2D eigenvalue weighted by atomic mass is 16.2. The van der Waals surface area contributed by atoms with Crippen LogP contribution >= 0.6 is 0 Å². The predicted octanol–water partition coefficient (Wildman–Crippen LogP) is 1.47. The number of rotatable bonds is 1. The van der Waals surface area contributed by atoms with E-state index in [4.69, 9.17) is 0 Å². The van der Waals surface area contributed by atoms with E-state index >= 15 is 0 Å². The van der Waals surface area contributed by atoms with Crippen LogP contribution in [-0.4, -0.2) is 29.8 Å². The molecule has 1 heterocycles. The van der Waals surface area contributed by atoms with Crippen LogP contribution in [0.5, 0.6) is 0 Å². The standard InChI is InChI=1S/C16H13N3O3/c1-18-15(21)16(22)19(11-7-3-2-4-8-11)13-10-6-5-9-12(13)14(20)17-18/h2-10H,1H3,(H,17,20). The van der Waals surface area contributed by atoms with Gasteiger partial charge in [0.1, 0.15) is 0 Å². The SMILES string of the molecule is CN1NC(=O)c2ccccc2N(c2ccccc2)C(=O)C1=O. The molecule has 0 atom stereocenters. The third kappa shape index (κ3) is 2.20. The average molecular weight is 295 g/mol. The molecule has 0 unspecified atom stereocenters. The normalized spacial score (nSPS) is 15.0. The Morgan fingerprint density at radius 2 is 1.45 bits per heavy atom. The number of para-hydroxylation sites is 2. The van der Waals surface area contributed by atoms with Crippen molar-refractivity contribution in [2.24, 2.45) is 0 Å². The Kier molecular flexibility index (Phi) is 3.34. The molecular weight excluding hydrogens is 282 g/mol. The number of carbonyl (C=O) groups excluding carboxylic acids is 3. The van der Waals surface area contributed by atoms with Crippen molar-refractivity contribution in [1.82, 2.24) is 10.4 Å². The van der Waals surface area contributed by atoms with Crippen LogP contribution < -0.4 is 10.3 Å². The molecule has 0 aromatic heterocycles. The maximum Gasteiger partial charge on any atom is 0.330 e. The molecule has 0 radical (unpaired) electrons. The average Bonchev–Trinajstić information content (AvgIpc) is 2.55. The lowest BCUT2D eigenvalue weighted by atomic mass is 10.1. The van der Waals surface area contributed by atoms with E-state index in [1.54, 1.807) is 48.5 Å². The molecule has 0 aliphatic carbocycles. The van der Waals surface area contributed by atoms with Crippen LogP contribution in [0.2, 0.25) is 0 Å². The number of anilines is 2. The van der Waals surface area contributed by atoms with E-state index in [1.807, 2.05) is 6.07 Å². The second-order valence-electron chi connectivity index (χ2n) is 4.80. The van der Waals surface area contributed by atoms with Crippen molar-refractivity contribution >= 4 is 29.1 Å². The third-order valence-electron chi connectivity index (χ3n) is 3.36. The van der Waals surface area contributed by atoms with Gasteiger partial charge in [0.2, 0.25) is 0 Å². The van der Waals surface area contributed by atoms with Gasteiger partial charge in [-0.15, -0.1) is 0 Å². The zero-order chi connectivity index (χ0) is 15.7. The first kappa shape index (κ1) is 13.8. The Bertz CT molecular complexity index is 758. The summed E-state index contributed by atoms with van der Waals surface area (Å²) in [4.78, 5) is 38.2. The van der Waals surface area contributed by atoms with Crippen molar-refractivity contribution < 1.29 is 14.4 Å². The molecule has 0 spiro atoms. The summed E-state index contributed by atoms with van der Waals surface area (Å²) in [7, 11) is 1.34. The van der Waals surface area contributed by atoms with E-state index < -0.39 is 17.7 Å². The smallest absolute Gasteiger partial charge is 0.272 e. The van der Waals surface area contributed by atoms with Crippen molar-refractivity contribution in [2.75, 3.05) is 11.9 Å². The maximum absolute atomic E-state index is 12.6. The number of hydrogen-bond donors (Lipinski definition) is 1. The number of fused-ring (bicyclic) bond motifs is 1. The highest BCUT2D eigenvalue weighted by Gasteiger charge is 2.33. The van der Waals surface area contributed by atoms with Crippen molar-refractivity contribution in [2.45, 2.75) is 0 Å². The Morgan fingerprint density at radius 1 is 0.818 bits per heavy atom. The fourth-order valence-electron chi connectivity index (χ4n) is 2.31. The summed E-state index contributed by atoms with van der Waals surface area (Å²) in [5, 5.41) is 0.899. The first-order valence-corrected chi connectivity index (χ1v) is 6.67. The summed E-state index contributed by atoms with van der Waals surface area (Å²) in [6, 6.07) is 15.4. The lowest BCUT2D eigenvalue weighted by Crippen LogP contribution is -2.52. The molecule has 3 amide bonds. The van der Waals surface area contributed by atoms with Crippen LogP contribution in [-0.2, 0) is 9.59 Å². The first-order valence-electron chi connectivity index (χ1n) is 6.67. The number of nitrogens with zero attached hydrogens (tertiary/aromatic N) is 2. The second kappa shape index (κ2) is 5.33. The number of hydrazine groups is 1. The summed E-state index contributed by atoms with van der Waals surface area (Å²) in [5.74, 6) is -1.99. The molecule has 6 nitrogen and oxygen atoms in total. The minimum absolute atomic E-state index is 0.319. The summed E-state index contributed by atoms with van der Waals surface area (Å²) in [6.07, 6.45) is 0. The third-order valence-corrected chi connectivity index (χ3v) is 3.36. The lowest BCUT2D eigenvalue weighted by Gasteiger charge is -2.29. The monoisotopic (exact) mass is 295 g/mol. The van der Waals surface area contributed by atoms with Gasteiger partial charge in [0, 0.05) is 12.7 Å². The molecule has 1 aliphatic heterocycles. The fraction of sp³-hybridized carbons (Fsp3) is 0.0625. The van der Waals surface area contributed by atoms with Gasteiger partial charge in [-0.05, 0) is 24.3 Å². The number of hydrogen-bond acceptors (Lipinski definition) is 3. The van der Waals surface area contributed by atoms with Crippen LogP contribution in [0.25, 0.3) is 0 Å². The Hall–Kier alpha value is -3.15. The van der Waals surface area contributed by atoms with Gasteiger partial charge < -0.3 is 0 Å². The highest BCUT2D eigenvalue weighted by molar-refractivity contribution is 6.42. The highest BCUT2D eigenvalue weighted by Crippen LogP contribution is 2.30. The number of nitrogens with one attached hydrogen (secondary N) is 1. The van der Waals surface area contributed by atoms with Crippen molar-refractivity contribution in [3.63, 3.8) is 0 Å². The Balaban J connectivity index is 2.24. The molecule has 0 saturated carbocycles. The van der Waals surface area contributed by atoms with Gasteiger partial charge in [0.15, 0.2) is 0 Å². The van der Waals surface area contributed by atoms with E-state index in [0.29, 0.717) is 16.9 Å². The molecule has 0 fully saturated rings. The molecule has 2 aromatic rings. The summed E-state index contributed by atoms with van der Waals surface area (Å²) in [5.41, 5.74) is 3.60. The molecule has 6 heteroatoms. The van der Waals surface area contributed by atoms with E-state index in [1.165, 1.54) is 11.9 Å². The van der Waals surface area contributed by atoms with E-state index in [0.717, 1.165) is 5.01 Å². The molecule has 1 aliphatic rings. The molecule has 3 rings (SSSR count). The van der Waals surface area contributed by atoms with Gasteiger partial charge in [-0.2, -0.15) is 0 Å². The molecule has 110 valence electrons. The minimum Gasteiger partial charge on any atom is -0.272 e. The van der Waals surface area contributed by atoms with Crippen molar-refractivity contribution in [3.05, 3.63) is 60.2 Å². The molecule has 0 saturated heterocycles. The van der Waals surface area contributed by atoms with Crippen LogP contribution in [0.4, 0.5) is 11.4 Å². The summed E-state index contributed by atoms with van der Waals surface area (Å²) < 4.78 is 0. The molecule has 1 N–H and O–H groups in total. The summed E-state index contributed by atoms with van der Waals surface area (Å²) in [6.45, 7) is 0. The topological polar surface area (TPSA) is 69.7 Å². The van der Waals surface area contributed by atoms with Gasteiger partial charge in [-0.1, -0.05) is 30.3 Å². The quantitative estimate of drug-likeness (QED) is 0.810. The number of amides is 3. The minimum atomic E-state index is -0.813. The van der Waals surface area contributed by atoms with E-state index in [2.05, 4.69) is 5.43 Å². The van der Waals surface area contributed by atoms with E-state index in [-0.39, 0.29) is 0 Å². The summed E-state index contributed by atoms with van der Waals surface area (Å²) >= 11 is 0. The molecular formula is C16H13N3O3. The first-order chi connectivity index (χ1) is 10.6. The fourth-order valence-corrected chi connectivity index (χ4v) is 2.31. The van der Waals surface area contributed by atoms with Gasteiger partial charge in [0.05, 0.1) is 11.3 Å². The molecule has 2 aromatic carbocycles. The second-order valence-corrected chi connectivity index (χ2v) is 4.80. The number of carbonyl (C=O) groups is 3. The van der Waals surface area contributed by atoms with Crippen LogP contribution in [0.3, 0.4) is 0 Å². The Morgan fingerprint density at radius 3 is 2.18 bits per heavy atom. The van der Waals surface area contributed by atoms with Crippen LogP contribution in [0.15, 0.2) is 54.6 Å². The van der Waals surface area contributed by atoms with Crippen molar-refractivity contribution in [3.8, 4) is 0 Å². The van der Waals surface area contributed by atoms with Crippen LogP contribution in [0.1, 0.15) is 10.4 Å².